The van der Waals surface area contributed by atoms with Crippen LogP contribution in [0.3, 0.4) is 0 Å². The van der Waals surface area contributed by atoms with Gasteiger partial charge in [0.2, 0.25) is 10.1 Å². The molecule has 9 nitrogen and oxygen atoms in total. The average Bonchev–Trinajstić information content (AvgIpc) is 3.33. The van der Waals surface area contributed by atoms with Crippen LogP contribution >= 0.6 is 22.9 Å². The predicted molar refractivity (Wildman–Crippen MR) is 121 cm³/mol. The highest BCUT2D eigenvalue weighted by molar-refractivity contribution is 7.20. The minimum atomic E-state index is -0.346. The first-order chi connectivity index (χ1) is 15.5. The Morgan fingerprint density at radius 1 is 1.25 bits per heavy atom. The predicted octanol–water partition coefficient (Wildman–Crippen LogP) is 3.97. The molecule has 1 amide bonds. The molecule has 0 saturated heterocycles. The maximum atomic E-state index is 13.1. The number of anilines is 1. The molecule has 1 saturated carbocycles. The molecule has 1 fully saturated rings. The van der Waals surface area contributed by atoms with Crippen molar-refractivity contribution in [2.45, 2.75) is 25.4 Å². The van der Waals surface area contributed by atoms with Crippen molar-refractivity contribution in [2.75, 3.05) is 19.5 Å². The summed E-state index contributed by atoms with van der Waals surface area (Å²) in [5.41, 5.74) is 3.37. The van der Waals surface area contributed by atoms with Crippen LogP contribution in [0.15, 0.2) is 30.7 Å². The van der Waals surface area contributed by atoms with E-state index >= 15 is 0 Å². The van der Waals surface area contributed by atoms with Crippen molar-refractivity contribution in [3.63, 3.8) is 0 Å². The standard InChI is InChI=1S/C21H19ClN6O3S/c1-10-4-11(12-6-18(22)24-8-17(12)31-3)14(7-23-10)19(29)26-20-27-28-9-15(25-21(28)32-20)13-5-16(13)30-2/h4,6-9,13,16H,5H2,1-3H3,(H,26,27,29). The Morgan fingerprint density at radius 2 is 2.09 bits per heavy atom. The van der Waals surface area contributed by atoms with Gasteiger partial charge in [-0.2, -0.15) is 0 Å². The van der Waals surface area contributed by atoms with Gasteiger partial charge in [0.1, 0.15) is 10.9 Å². The van der Waals surface area contributed by atoms with E-state index in [0.29, 0.717) is 43.6 Å². The summed E-state index contributed by atoms with van der Waals surface area (Å²) >= 11 is 7.41. The zero-order valence-corrected chi connectivity index (χ0v) is 19.1. The van der Waals surface area contributed by atoms with E-state index in [-0.39, 0.29) is 12.0 Å². The summed E-state index contributed by atoms with van der Waals surface area (Å²) in [7, 11) is 3.25. The number of imidazole rings is 1. The fourth-order valence-corrected chi connectivity index (χ4v) is 4.55. The number of fused-ring (bicyclic) bond motifs is 1. The SMILES string of the molecule is COc1cnc(Cl)cc1-c1cc(C)ncc1C(=O)Nc1nn2cc(C3CC3OC)nc2s1. The van der Waals surface area contributed by atoms with Crippen molar-refractivity contribution in [1.82, 2.24) is 24.6 Å². The second-order valence-electron chi connectivity index (χ2n) is 7.45. The van der Waals surface area contributed by atoms with Crippen LogP contribution in [0.25, 0.3) is 16.1 Å². The van der Waals surface area contributed by atoms with Gasteiger partial charge in [0, 0.05) is 36.0 Å². The Balaban J connectivity index is 1.44. The number of carbonyl (C=O) groups is 1. The lowest BCUT2D eigenvalue weighted by molar-refractivity contribution is 0.102. The maximum Gasteiger partial charge on any atom is 0.259 e. The number of nitrogens with one attached hydrogen (secondary N) is 1. The zero-order chi connectivity index (χ0) is 22.4. The van der Waals surface area contributed by atoms with Crippen molar-refractivity contribution >= 4 is 38.9 Å². The highest BCUT2D eigenvalue weighted by Crippen LogP contribution is 2.42. The van der Waals surface area contributed by atoms with E-state index in [0.717, 1.165) is 17.8 Å². The van der Waals surface area contributed by atoms with Crippen LogP contribution in [0.1, 0.15) is 34.1 Å². The molecule has 11 heteroatoms. The summed E-state index contributed by atoms with van der Waals surface area (Å²) in [4.78, 5) is 26.8. The zero-order valence-electron chi connectivity index (χ0n) is 17.5. The molecule has 4 heterocycles. The molecule has 32 heavy (non-hydrogen) atoms. The maximum absolute atomic E-state index is 13.1. The van der Waals surface area contributed by atoms with Crippen LogP contribution in [-0.4, -0.2) is 50.8 Å². The van der Waals surface area contributed by atoms with Crippen molar-refractivity contribution in [2.24, 2.45) is 0 Å². The lowest BCUT2D eigenvalue weighted by atomic mass is 10.0. The monoisotopic (exact) mass is 470 g/mol. The molecule has 4 aromatic rings. The number of hydrogen-bond donors (Lipinski definition) is 1. The summed E-state index contributed by atoms with van der Waals surface area (Å²) in [6.07, 6.45) is 6.13. The second kappa shape index (κ2) is 8.12. The van der Waals surface area contributed by atoms with Crippen LogP contribution in [0.5, 0.6) is 5.75 Å². The molecular formula is C21H19ClN6O3S. The third-order valence-corrected chi connectivity index (χ3v) is 6.37. The smallest absolute Gasteiger partial charge is 0.259 e. The summed E-state index contributed by atoms with van der Waals surface area (Å²) in [5.74, 6) is 0.473. The molecule has 0 spiro atoms. The van der Waals surface area contributed by atoms with Gasteiger partial charge in [-0.3, -0.25) is 15.1 Å². The van der Waals surface area contributed by atoms with Crippen molar-refractivity contribution in [3.8, 4) is 16.9 Å². The van der Waals surface area contributed by atoms with Gasteiger partial charge in [0.25, 0.3) is 5.91 Å². The number of ether oxygens (including phenoxy) is 2. The Labute approximate surface area is 192 Å². The summed E-state index contributed by atoms with van der Waals surface area (Å²) in [5, 5.41) is 8.04. The fourth-order valence-electron chi connectivity index (χ4n) is 3.61. The van der Waals surface area contributed by atoms with Gasteiger partial charge in [-0.05, 0) is 25.5 Å². The highest BCUT2D eigenvalue weighted by atomic mass is 35.5. The van der Waals surface area contributed by atoms with Gasteiger partial charge >= 0.3 is 0 Å². The Bertz CT molecular complexity index is 1310. The molecule has 2 atom stereocenters. The van der Waals surface area contributed by atoms with E-state index in [1.54, 1.807) is 17.7 Å². The van der Waals surface area contributed by atoms with Crippen LogP contribution in [0.4, 0.5) is 5.13 Å². The second-order valence-corrected chi connectivity index (χ2v) is 8.79. The van der Waals surface area contributed by atoms with E-state index in [9.17, 15) is 4.79 Å². The average molecular weight is 471 g/mol. The van der Waals surface area contributed by atoms with Crippen molar-refractivity contribution in [3.05, 3.63) is 52.8 Å². The number of halogens is 1. The molecule has 0 aliphatic heterocycles. The minimum absolute atomic E-state index is 0.227. The normalized spacial score (nSPS) is 17.5. The topological polar surface area (TPSA) is 104 Å². The van der Waals surface area contributed by atoms with Crippen LogP contribution in [-0.2, 0) is 4.74 Å². The van der Waals surface area contributed by atoms with Gasteiger partial charge in [0.05, 0.1) is 36.9 Å². The minimum Gasteiger partial charge on any atom is -0.494 e. The molecule has 2 unspecified atom stereocenters. The molecular weight excluding hydrogens is 452 g/mol. The fraction of sp³-hybridized carbons (Fsp3) is 0.286. The largest absolute Gasteiger partial charge is 0.494 e. The van der Waals surface area contributed by atoms with E-state index in [2.05, 4.69) is 25.4 Å². The molecule has 164 valence electrons. The first-order valence-electron chi connectivity index (χ1n) is 9.83. The number of nitrogens with zero attached hydrogens (tertiary/aromatic N) is 5. The first kappa shape index (κ1) is 20.8. The van der Waals surface area contributed by atoms with Crippen LogP contribution < -0.4 is 10.1 Å². The van der Waals surface area contributed by atoms with E-state index in [1.807, 2.05) is 19.2 Å². The summed E-state index contributed by atoms with van der Waals surface area (Å²) in [6, 6.07) is 3.47. The Kier molecular flexibility index (Phi) is 5.28. The van der Waals surface area contributed by atoms with E-state index < -0.39 is 0 Å². The molecule has 1 aliphatic rings. The number of amides is 1. The molecule has 0 bridgehead atoms. The van der Waals surface area contributed by atoms with Gasteiger partial charge in [0.15, 0.2) is 0 Å². The third kappa shape index (κ3) is 3.81. The van der Waals surface area contributed by atoms with Crippen molar-refractivity contribution in [1.29, 1.82) is 0 Å². The van der Waals surface area contributed by atoms with E-state index in [1.165, 1.54) is 30.8 Å². The third-order valence-electron chi connectivity index (χ3n) is 5.33. The Morgan fingerprint density at radius 3 is 2.81 bits per heavy atom. The molecule has 1 aliphatic carbocycles. The first-order valence-corrected chi connectivity index (χ1v) is 11.0. The van der Waals surface area contributed by atoms with Crippen LogP contribution in [0, 0.1) is 6.92 Å². The van der Waals surface area contributed by atoms with Gasteiger partial charge in [-0.1, -0.05) is 22.9 Å². The lowest BCUT2D eigenvalue weighted by Crippen LogP contribution is -2.14. The van der Waals surface area contributed by atoms with Gasteiger partial charge in [-0.15, -0.1) is 5.10 Å². The molecule has 0 radical (unpaired) electrons. The number of aryl methyl sites for hydroxylation is 1. The Hall–Kier alpha value is -3.08. The number of carbonyl (C=O) groups excluding carboxylic acids is 1. The van der Waals surface area contributed by atoms with Crippen molar-refractivity contribution < 1.29 is 14.3 Å². The highest BCUT2D eigenvalue weighted by Gasteiger charge is 2.40. The number of rotatable bonds is 6. The van der Waals surface area contributed by atoms with Gasteiger partial charge < -0.3 is 9.47 Å². The molecule has 1 N–H and O–H groups in total. The number of methoxy groups -OCH3 is 2. The molecule has 4 aromatic heterocycles. The number of pyridine rings is 2. The number of hydrogen-bond acceptors (Lipinski definition) is 8. The van der Waals surface area contributed by atoms with E-state index in [4.69, 9.17) is 21.1 Å². The lowest BCUT2D eigenvalue weighted by Gasteiger charge is -2.13. The van der Waals surface area contributed by atoms with Crippen LogP contribution in [0.2, 0.25) is 5.15 Å². The quantitative estimate of drug-likeness (QED) is 0.425. The molecule has 5 rings (SSSR count). The summed E-state index contributed by atoms with van der Waals surface area (Å²) in [6.45, 7) is 1.85. The van der Waals surface area contributed by atoms with Gasteiger partial charge in [-0.25, -0.2) is 14.5 Å². The number of aromatic nitrogens is 5. The molecule has 0 aromatic carbocycles. The summed E-state index contributed by atoms with van der Waals surface area (Å²) < 4.78 is 12.5.